The van der Waals surface area contributed by atoms with Gasteiger partial charge in [0.05, 0.1) is 7.11 Å². The molecule has 0 unspecified atom stereocenters. The molecule has 19 heavy (non-hydrogen) atoms. The quantitative estimate of drug-likeness (QED) is 0.851. The molecule has 106 valence electrons. The van der Waals surface area contributed by atoms with Gasteiger partial charge in [0.25, 0.3) is 0 Å². The van der Waals surface area contributed by atoms with Crippen molar-refractivity contribution in [2.75, 3.05) is 45.4 Å². The largest absolute Gasteiger partial charge is 0.497 e. The second-order valence-electron chi connectivity index (χ2n) is 4.96. The van der Waals surface area contributed by atoms with E-state index in [-0.39, 0.29) is 0 Å². The Kier molecular flexibility index (Phi) is 5.48. The highest BCUT2D eigenvalue weighted by Gasteiger charge is 2.12. The summed E-state index contributed by atoms with van der Waals surface area (Å²) >= 11 is 0. The Morgan fingerprint density at radius 2 is 2.16 bits per heavy atom. The average Bonchev–Trinajstić information content (AvgIpc) is 2.48. The lowest BCUT2D eigenvalue weighted by molar-refractivity contribution is 0.0783. The van der Waals surface area contributed by atoms with Gasteiger partial charge >= 0.3 is 0 Å². The van der Waals surface area contributed by atoms with Crippen LogP contribution in [0.1, 0.15) is 12.8 Å². The van der Waals surface area contributed by atoms with Crippen LogP contribution in [0.25, 0.3) is 0 Å². The van der Waals surface area contributed by atoms with Crippen molar-refractivity contribution in [2.24, 2.45) is 0 Å². The number of ether oxygens (including phenoxy) is 2. The zero-order chi connectivity index (χ0) is 13.5. The summed E-state index contributed by atoms with van der Waals surface area (Å²) in [5, 5.41) is 3.60. The molecule has 1 aromatic rings. The highest BCUT2D eigenvalue weighted by atomic mass is 16.5. The summed E-state index contributed by atoms with van der Waals surface area (Å²) in [4.78, 5) is 2.24. The monoisotopic (exact) mass is 264 g/mol. The van der Waals surface area contributed by atoms with Gasteiger partial charge in [-0.15, -0.1) is 0 Å². The molecule has 1 fully saturated rings. The van der Waals surface area contributed by atoms with Gasteiger partial charge in [-0.25, -0.2) is 0 Å². The number of nitrogens with zero attached hydrogens (tertiary/aromatic N) is 1. The molecular formula is C15H24N2O2. The third-order valence-electron chi connectivity index (χ3n) is 3.60. The van der Waals surface area contributed by atoms with E-state index >= 15 is 0 Å². The van der Waals surface area contributed by atoms with E-state index in [0.29, 0.717) is 6.04 Å². The predicted octanol–water partition coefficient (Wildman–Crippen LogP) is 1.90. The van der Waals surface area contributed by atoms with Crippen LogP contribution in [0, 0.1) is 0 Å². The SMILES string of the molecule is COc1cccc(N(C)CCNC2CCOCC2)c1. The first-order valence-electron chi connectivity index (χ1n) is 6.96. The van der Waals surface area contributed by atoms with Gasteiger partial charge in [0, 0.05) is 51.1 Å². The number of benzene rings is 1. The van der Waals surface area contributed by atoms with Crippen LogP contribution in [0.3, 0.4) is 0 Å². The number of anilines is 1. The maximum Gasteiger partial charge on any atom is 0.120 e. The standard InChI is InChI=1S/C15H24N2O2/c1-17(14-4-3-5-15(12-14)18-2)9-8-16-13-6-10-19-11-7-13/h3-5,12-13,16H,6-11H2,1-2H3. The molecule has 0 aromatic heterocycles. The first-order chi connectivity index (χ1) is 9.29. The van der Waals surface area contributed by atoms with E-state index in [1.54, 1.807) is 7.11 Å². The van der Waals surface area contributed by atoms with Crippen LogP contribution in [0.5, 0.6) is 5.75 Å². The van der Waals surface area contributed by atoms with Crippen molar-refractivity contribution < 1.29 is 9.47 Å². The van der Waals surface area contributed by atoms with Crippen LogP contribution < -0.4 is 15.0 Å². The number of rotatable bonds is 6. The number of hydrogen-bond acceptors (Lipinski definition) is 4. The minimum Gasteiger partial charge on any atom is -0.497 e. The van der Waals surface area contributed by atoms with Crippen molar-refractivity contribution in [2.45, 2.75) is 18.9 Å². The van der Waals surface area contributed by atoms with Crippen LogP contribution >= 0.6 is 0 Å². The van der Waals surface area contributed by atoms with Gasteiger partial charge in [0.1, 0.15) is 5.75 Å². The fourth-order valence-corrected chi connectivity index (χ4v) is 2.32. The molecule has 0 atom stereocenters. The maximum absolute atomic E-state index is 5.36. The van der Waals surface area contributed by atoms with Crippen molar-refractivity contribution >= 4 is 5.69 Å². The summed E-state index contributed by atoms with van der Waals surface area (Å²) in [6, 6.07) is 8.78. The van der Waals surface area contributed by atoms with Crippen molar-refractivity contribution in [3.05, 3.63) is 24.3 Å². The van der Waals surface area contributed by atoms with E-state index in [1.165, 1.54) is 5.69 Å². The summed E-state index contributed by atoms with van der Waals surface area (Å²) in [5.41, 5.74) is 1.19. The molecule has 1 N–H and O–H groups in total. The lowest BCUT2D eigenvalue weighted by Gasteiger charge is -2.25. The van der Waals surface area contributed by atoms with Crippen molar-refractivity contribution in [1.29, 1.82) is 0 Å². The van der Waals surface area contributed by atoms with Crippen molar-refractivity contribution in [3.63, 3.8) is 0 Å². The summed E-state index contributed by atoms with van der Waals surface area (Å²) < 4.78 is 10.6. The summed E-state index contributed by atoms with van der Waals surface area (Å²) in [6.07, 6.45) is 2.26. The molecule has 1 aromatic carbocycles. The van der Waals surface area contributed by atoms with Crippen LogP contribution in [-0.4, -0.2) is 46.5 Å². The highest BCUT2D eigenvalue weighted by molar-refractivity contribution is 5.50. The Morgan fingerprint density at radius 1 is 1.37 bits per heavy atom. The van der Waals surface area contributed by atoms with Gasteiger partial charge in [-0.05, 0) is 25.0 Å². The summed E-state index contributed by atoms with van der Waals surface area (Å²) in [5.74, 6) is 0.904. The molecule has 0 aliphatic carbocycles. The fraction of sp³-hybridized carbons (Fsp3) is 0.600. The third-order valence-corrected chi connectivity index (χ3v) is 3.60. The van der Waals surface area contributed by atoms with Crippen LogP contribution in [0.15, 0.2) is 24.3 Å². The molecule has 1 saturated heterocycles. The van der Waals surface area contributed by atoms with Gasteiger partial charge in [0.15, 0.2) is 0 Å². The molecule has 0 amide bonds. The predicted molar refractivity (Wildman–Crippen MR) is 78.1 cm³/mol. The Labute approximate surface area is 115 Å². The Hall–Kier alpha value is -1.26. The Bertz CT molecular complexity index is 378. The second kappa shape index (κ2) is 7.36. The molecule has 0 saturated carbocycles. The van der Waals surface area contributed by atoms with E-state index in [2.05, 4.69) is 29.4 Å². The molecule has 1 aliphatic rings. The van der Waals surface area contributed by atoms with Crippen molar-refractivity contribution in [1.82, 2.24) is 5.32 Å². The van der Waals surface area contributed by atoms with Gasteiger partial charge in [-0.2, -0.15) is 0 Å². The second-order valence-corrected chi connectivity index (χ2v) is 4.96. The smallest absolute Gasteiger partial charge is 0.120 e. The molecule has 0 radical (unpaired) electrons. The highest BCUT2D eigenvalue weighted by Crippen LogP contribution is 2.19. The normalized spacial score (nSPS) is 16.3. The number of methoxy groups -OCH3 is 1. The minimum absolute atomic E-state index is 0.618. The minimum atomic E-state index is 0.618. The molecule has 2 rings (SSSR count). The molecule has 1 heterocycles. The number of hydrogen-bond donors (Lipinski definition) is 1. The van der Waals surface area contributed by atoms with E-state index in [4.69, 9.17) is 9.47 Å². The molecule has 1 aliphatic heterocycles. The van der Waals surface area contributed by atoms with E-state index in [9.17, 15) is 0 Å². The maximum atomic E-state index is 5.36. The number of nitrogens with one attached hydrogen (secondary N) is 1. The number of likely N-dealkylation sites (N-methyl/N-ethyl adjacent to an activating group) is 1. The van der Waals surface area contributed by atoms with Crippen LogP contribution in [0.4, 0.5) is 5.69 Å². The van der Waals surface area contributed by atoms with Crippen LogP contribution in [0.2, 0.25) is 0 Å². The lowest BCUT2D eigenvalue weighted by Crippen LogP contribution is -2.39. The fourth-order valence-electron chi connectivity index (χ4n) is 2.32. The average molecular weight is 264 g/mol. The first-order valence-corrected chi connectivity index (χ1v) is 6.96. The van der Waals surface area contributed by atoms with E-state index in [1.807, 2.05) is 12.1 Å². The topological polar surface area (TPSA) is 33.7 Å². The van der Waals surface area contributed by atoms with Gasteiger partial charge < -0.3 is 19.7 Å². The molecule has 4 heteroatoms. The van der Waals surface area contributed by atoms with Crippen molar-refractivity contribution in [3.8, 4) is 5.75 Å². The van der Waals surface area contributed by atoms with E-state index < -0.39 is 0 Å². The zero-order valence-electron chi connectivity index (χ0n) is 11.9. The van der Waals surface area contributed by atoms with Crippen LogP contribution in [-0.2, 0) is 4.74 Å². The zero-order valence-corrected chi connectivity index (χ0v) is 11.9. The molecule has 0 bridgehead atoms. The summed E-state index contributed by atoms with van der Waals surface area (Å²) in [7, 11) is 3.81. The Balaban J connectivity index is 1.75. The first kappa shape index (κ1) is 14.2. The molecular weight excluding hydrogens is 240 g/mol. The molecule has 0 spiro atoms. The Morgan fingerprint density at radius 3 is 2.89 bits per heavy atom. The van der Waals surface area contributed by atoms with Gasteiger partial charge in [-0.3, -0.25) is 0 Å². The lowest BCUT2D eigenvalue weighted by atomic mass is 10.1. The van der Waals surface area contributed by atoms with Gasteiger partial charge in [0.2, 0.25) is 0 Å². The summed E-state index contributed by atoms with van der Waals surface area (Å²) in [6.45, 7) is 3.77. The van der Waals surface area contributed by atoms with E-state index in [0.717, 1.165) is 44.9 Å². The van der Waals surface area contributed by atoms with Gasteiger partial charge in [-0.1, -0.05) is 6.07 Å². The third kappa shape index (κ3) is 4.40. The molecule has 4 nitrogen and oxygen atoms in total.